The van der Waals surface area contributed by atoms with Crippen LogP contribution in [0.4, 0.5) is 0 Å². The van der Waals surface area contributed by atoms with Crippen molar-refractivity contribution in [3.8, 4) is 23.0 Å². The van der Waals surface area contributed by atoms with E-state index in [1.54, 1.807) is 24.4 Å². The number of ether oxygens (including phenoxy) is 2. The highest BCUT2D eigenvalue weighted by molar-refractivity contribution is 5.79. The van der Waals surface area contributed by atoms with Crippen LogP contribution in [0.25, 0.3) is 11.1 Å². The van der Waals surface area contributed by atoms with Crippen LogP contribution in [0.5, 0.6) is 11.9 Å². The van der Waals surface area contributed by atoms with Gasteiger partial charge >= 0.3 is 6.01 Å². The SMILES string of the molecule is COc1ncc(-c2cccc(C=O)c2)c(OC)n1. The Labute approximate surface area is 104 Å². The molecule has 18 heavy (non-hydrogen) atoms. The maximum Gasteiger partial charge on any atom is 0.319 e. The lowest BCUT2D eigenvalue weighted by molar-refractivity contribution is 0.112. The van der Waals surface area contributed by atoms with E-state index in [9.17, 15) is 4.79 Å². The summed E-state index contributed by atoms with van der Waals surface area (Å²) >= 11 is 0. The molecule has 0 fully saturated rings. The molecule has 0 aliphatic heterocycles. The number of rotatable bonds is 4. The number of hydrogen-bond donors (Lipinski definition) is 0. The van der Waals surface area contributed by atoms with Crippen LogP contribution in [0.3, 0.4) is 0 Å². The molecule has 0 saturated heterocycles. The summed E-state index contributed by atoms with van der Waals surface area (Å²) in [6.07, 6.45) is 2.40. The summed E-state index contributed by atoms with van der Waals surface area (Å²) in [4.78, 5) is 18.9. The highest BCUT2D eigenvalue weighted by Gasteiger charge is 2.10. The fourth-order valence-electron chi connectivity index (χ4n) is 1.58. The van der Waals surface area contributed by atoms with Crippen molar-refractivity contribution in [3.63, 3.8) is 0 Å². The maximum absolute atomic E-state index is 10.8. The number of carbonyl (C=O) groups excluding carboxylic acids is 1. The first-order valence-corrected chi connectivity index (χ1v) is 5.29. The van der Waals surface area contributed by atoms with Crippen molar-refractivity contribution in [3.05, 3.63) is 36.0 Å². The molecule has 92 valence electrons. The third kappa shape index (κ3) is 2.29. The first kappa shape index (κ1) is 12.0. The van der Waals surface area contributed by atoms with Crippen molar-refractivity contribution in [2.45, 2.75) is 0 Å². The minimum absolute atomic E-state index is 0.238. The molecule has 1 heterocycles. The van der Waals surface area contributed by atoms with Gasteiger partial charge < -0.3 is 9.47 Å². The standard InChI is InChI=1S/C13H12N2O3/c1-17-12-11(7-14-13(15-12)18-2)10-5-3-4-9(6-10)8-16/h3-8H,1-2H3. The van der Waals surface area contributed by atoms with E-state index in [4.69, 9.17) is 9.47 Å². The molecule has 2 rings (SSSR count). The van der Waals surface area contributed by atoms with Crippen LogP contribution in [0.2, 0.25) is 0 Å². The molecule has 0 spiro atoms. The van der Waals surface area contributed by atoms with Crippen LogP contribution in [-0.4, -0.2) is 30.5 Å². The van der Waals surface area contributed by atoms with Gasteiger partial charge in [0.2, 0.25) is 5.88 Å². The van der Waals surface area contributed by atoms with Gasteiger partial charge in [-0.3, -0.25) is 4.79 Å². The molecule has 0 unspecified atom stereocenters. The molecule has 0 atom stereocenters. The fourth-order valence-corrected chi connectivity index (χ4v) is 1.58. The van der Waals surface area contributed by atoms with E-state index in [1.165, 1.54) is 14.2 Å². The molecule has 2 aromatic rings. The Morgan fingerprint density at radius 1 is 1.22 bits per heavy atom. The smallest absolute Gasteiger partial charge is 0.319 e. The molecular weight excluding hydrogens is 232 g/mol. The van der Waals surface area contributed by atoms with E-state index in [0.717, 1.165) is 11.8 Å². The Kier molecular flexibility index (Phi) is 3.52. The van der Waals surface area contributed by atoms with Gasteiger partial charge in [0.1, 0.15) is 6.29 Å². The average molecular weight is 244 g/mol. The lowest BCUT2D eigenvalue weighted by Gasteiger charge is -2.08. The third-order valence-electron chi connectivity index (χ3n) is 2.44. The quantitative estimate of drug-likeness (QED) is 0.769. The monoisotopic (exact) mass is 244 g/mol. The van der Waals surface area contributed by atoms with Gasteiger partial charge in [-0.25, -0.2) is 4.98 Å². The largest absolute Gasteiger partial charge is 0.480 e. The van der Waals surface area contributed by atoms with E-state index in [0.29, 0.717) is 17.0 Å². The molecule has 0 amide bonds. The first-order chi connectivity index (χ1) is 8.78. The van der Waals surface area contributed by atoms with Gasteiger partial charge in [-0.1, -0.05) is 18.2 Å². The number of carbonyl (C=O) groups is 1. The zero-order valence-electron chi connectivity index (χ0n) is 10.1. The molecule has 5 nitrogen and oxygen atoms in total. The van der Waals surface area contributed by atoms with Crippen LogP contribution >= 0.6 is 0 Å². The van der Waals surface area contributed by atoms with Crippen LogP contribution in [-0.2, 0) is 0 Å². The zero-order valence-corrected chi connectivity index (χ0v) is 10.1. The van der Waals surface area contributed by atoms with Gasteiger partial charge in [-0.15, -0.1) is 0 Å². The number of aromatic nitrogens is 2. The normalized spacial score (nSPS) is 9.89. The van der Waals surface area contributed by atoms with E-state index in [2.05, 4.69) is 9.97 Å². The Morgan fingerprint density at radius 2 is 2.06 bits per heavy atom. The van der Waals surface area contributed by atoms with Crippen LogP contribution in [0, 0.1) is 0 Å². The molecule has 0 radical (unpaired) electrons. The van der Waals surface area contributed by atoms with Crippen molar-refractivity contribution in [2.75, 3.05) is 14.2 Å². The molecule has 0 saturated carbocycles. The average Bonchev–Trinajstić information content (AvgIpc) is 2.46. The zero-order chi connectivity index (χ0) is 13.0. The van der Waals surface area contributed by atoms with E-state index in [1.807, 2.05) is 6.07 Å². The van der Waals surface area contributed by atoms with Crippen LogP contribution in [0.1, 0.15) is 10.4 Å². The summed E-state index contributed by atoms with van der Waals surface area (Å²) in [5, 5.41) is 0. The Balaban J connectivity index is 2.52. The molecule has 0 aliphatic rings. The minimum atomic E-state index is 0.238. The van der Waals surface area contributed by atoms with Crippen LogP contribution in [0.15, 0.2) is 30.5 Å². The molecule has 0 bridgehead atoms. The number of methoxy groups -OCH3 is 2. The molecule has 5 heteroatoms. The predicted molar refractivity (Wildman–Crippen MR) is 66.0 cm³/mol. The van der Waals surface area contributed by atoms with Gasteiger partial charge in [0.15, 0.2) is 0 Å². The number of benzene rings is 1. The topological polar surface area (TPSA) is 61.3 Å². The summed E-state index contributed by atoms with van der Waals surface area (Å²) in [7, 11) is 3.01. The maximum atomic E-state index is 10.8. The van der Waals surface area contributed by atoms with Crippen molar-refractivity contribution >= 4 is 6.29 Å². The van der Waals surface area contributed by atoms with E-state index >= 15 is 0 Å². The van der Waals surface area contributed by atoms with Crippen molar-refractivity contribution in [2.24, 2.45) is 0 Å². The molecular formula is C13H12N2O3. The van der Waals surface area contributed by atoms with Gasteiger partial charge in [-0.2, -0.15) is 4.98 Å². The van der Waals surface area contributed by atoms with Crippen molar-refractivity contribution in [1.82, 2.24) is 9.97 Å². The van der Waals surface area contributed by atoms with Gasteiger partial charge in [0, 0.05) is 11.8 Å². The number of nitrogens with zero attached hydrogens (tertiary/aromatic N) is 2. The van der Waals surface area contributed by atoms with E-state index < -0.39 is 0 Å². The van der Waals surface area contributed by atoms with Gasteiger partial charge in [0.25, 0.3) is 0 Å². The summed E-state index contributed by atoms with van der Waals surface area (Å²) in [5.74, 6) is 0.407. The number of aldehydes is 1. The fraction of sp³-hybridized carbons (Fsp3) is 0.154. The molecule has 1 aromatic carbocycles. The second-order valence-corrected chi connectivity index (χ2v) is 3.52. The lowest BCUT2D eigenvalue weighted by atomic mass is 10.1. The summed E-state index contributed by atoms with van der Waals surface area (Å²) in [5.41, 5.74) is 2.12. The predicted octanol–water partition coefficient (Wildman–Crippen LogP) is 1.97. The summed E-state index contributed by atoms with van der Waals surface area (Å²) < 4.78 is 10.1. The second kappa shape index (κ2) is 5.27. The minimum Gasteiger partial charge on any atom is -0.480 e. The van der Waals surface area contributed by atoms with E-state index in [-0.39, 0.29) is 6.01 Å². The highest BCUT2D eigenvalue weighted by Crippen LogP contribution is 2.28. The van der Waals surface area contributed by atoms with Crippen LogP contribution < -0.4 is 9.47 Å². The highest BCUT2D eigenvalue weighted by atomic mass is 16.5. The Morgan fingerprint density at radius 3 is 2.72 bits per heavy atom. The summed E-state index contributed by atoms with van der Waals surface area (Å²) in [6.45, 7) is 0. The Bertz CT molecular complexity index is 570. The lowest BCUT2D eigenvalue weighted by Crippen LogP contribution is -1.97. The molecule has 1 aromatic heterocycles. The first-order valence-electron chi connectivity index (χ1n) is 5.29. The van der Waals surface area contributed by atoms with Crippen molar-refractivity contribution in [1.29, 1.82) is 0 Å². The van der Waals surface area contributed by atoms with Gasteiger partial charge in [0.05, 0.1) is 19.8 Å². The molecule has 0 aliphatic carbocycles. The van der Waals surface area contributed by atoms with Gasteiger partial charge in [-0.05, 0) is 11.6 Å². The Hall–Kier alpha value is -2.43. The molecule has 0 N–H and O–H groups in total. The third-order valence-corrected chi connectivity index (χ3v) is 2.44. The summed E-state index contributed by atoms with van der Waals surface area (Å²) in [6, 6.07) is 7.37. The van der Waals surface area contributed by atoms with Crippen molar-refractivity contribution < 1.29 is 14.3 Å². The number of hydrogen-bond acceptors (Lipinski definition) is 5. The second-order valence-electron chi connectivity index (χ2n) is 3.52.